The minimum Gasteiger partial charge on any atom is -0.492 e. The second kappa shape index (κ2) is 6.93. The molecule has 114 valence electrons. The summed E-state index contributed by atoms with van der Waals surface area (Å²) < 4.78 is 33.1. The van der Waals surface area contributed by atoms with E-state index in [-0.39, 0.29) is 0 Å². The molecule has 2 rings (SSSR count). The Kier molecular flexibility index (Phi) is 5.22. The van der Waals surface area contributed by atoms with E-state index < -0.39 is 10.0 Å². The van der Waals surface area contributed by atoms with Crippen molar-refractivity contribution in [3.63, 3.8) is 0 Å². The van der Waals surface area contributed by atoms with Crippen molar-refractivity contribution in [2.75, 3.05) is 18.4 Å². The van der Waals surface area contributed by atoms with E-state index in [1.165, 1.54) is 11.3 Å². The van der Waals surface area contributed by atoms with Crippen molar-refractivity contribution in [3.05, 3.63) is 41.3 Å². The Bertz CT molecular complexity index is 696. The largest absolute Gasteiger partial charge is 0.492 e. The summed E-state index contributed by atoms with van der Waals surface area (Å²) in [7, 11) is -1.77. The predicted molar refractivity (Wildman–Crippen MR) is 85.5 cm³/mol. The molecule has 0 saturated carbocycles. The quantitative estimate of drug-likeness (QED) is 0.821. The van der Waals surface area contributed by atoms with Gasteiger partial charge >= 0.3 is 0 Å². The lowest BCUT2D eigenvalue weighted by Gasteiger charge is -2.11. The van der Waals surface area contributed by atoms with Gasteiger partial charge in [-0.05, 0) is 38.2 Å². The van der Waals surface area contributed by atoms with Gasteiger partial charge in [-0.25, -0.2) is 8.42 Å². The molecule has 1 aromatic heterocycles. The van der Waals surface area contributed by atoms with E-state index in [2.05, 4.69) is 10.0 Å². The monoisotopic (exact) mass is 326 g/mol. The Morgan fingerprint density at radius 1 is 1.19 bits per heavy atom. The van der Waals surface area contributed by atoms with E-state index in [1.54, 1.807) is 30.3 Å². The first-order chi connectivity index (χ1) is 10.1. The number of rotatable bonds is 7. The Balaban J connectivity index is 2.24. The van der Waals surface area contributed by atoms with Crippen LogP contribution in [0.25, 0.3) is 0 Å². The second-order valence-electron chi connectivity index (χ2n) is 4.29. The maximum absolute atomic E-state index is 12.4. The van der Waals surface area contributed by atoms with E-state index in [4.69, 9.17) is 4.74 Å². The summed E-state index contributed by atoms with van der Waals surface area (Å²) >= 11 is 1.25. The number of thiophene rings is 1. The van der Waals surface area contributed by atoms with Crippen molar-refractivity contribution in [2.45, 2.75) is 17.7 Å². The van der Waals surface area contributed by atoms with Gasteiger partial charge in [-0.1, -0.05) is 12.1 Å². The number of ether oxygens (including phenoxy) is 1. The molecule has 21 heavy (non-hydrogen) atoms. The summed E-state index contributed by atoms with van der Waals surface area (Å²) in [6.07, 6.45) is 0. The lowest BCUT2D eigenvalue weighted by atomic mass is 10.3. The fraction of sp³-hybridized carbons (Fsp3) is 0.286. The van der Waals surface area contributed by atoms with Gasteiger partial charge in [-0.15, -0.1) is 11.3 Å². The summed E-state index contributed by atoms with van der Waals surface area (Å²) in [6.45, 7) is 2.98. The van der Waals surface area contributed by atoms with Gasteiger partial charge in [0.25, 0.3) is 10.0 Å². The lowest BCUT2D eigenvalue weighted by molar-refractivity contribution is 0.342. The van der Waals surface area contributed by atoms with Gasteiger partial charge in [0.1, 0.15) is 9.96 Å². The van der Waals surface area contributed by atoms with E-state index in [1.807, 2.05) is 20.0 Å². The molecule has 7 heteroatoms. The van der Waals surface area contributed by atoms with Gasteiger partial charge < -0.3 is 10.1 Å². The summed E-state index contributed by atoms with van der Waals surface area (Å²) in [5.41, 5.74) is 0.447. The fourth-order valence-corrected chi connectivity index (χ4v) is 4.24. The van der Waals surface area contributed by atoms with Crippen LogP contribution in [0.3, 0.4) is 0 Å². The third-order valence-electron chi connectivity index (χ3n) is 2.68. The molecule has 0 spiro atoms. The lowest BCUT2D eigenvalue weighted by Crippen LogP contribution is -2.12. The molecule has 0 saturated heterocycles. The zero-order valence-corrected chi connectivity index (χ0v) is 13.6. The zero-order valence-electron chi connectivity index (χ0n) is 11.9. The third kappa shape index (κ3) is 3.96. The third-order valence-corrected chi connectivity index (χ3v) is 5.63. The number of hydrogen-bond acceptors (Lipinski definition) is 5. The molecule has 0 aliphatic carbocycles. The Morgan fingerprint density at radius 2 is 1.95 bits per heavy atom. The Labute approximate surface area is 129 Å². The first kappa shape index (κ1) is 15.8. The summed E-state index contributed by atoms with van der Waals surface area (Å²) in [5.74, 6) is 0.524. The van der Waals surface area contributed by atoms with Gasteiger partial charge in [0, 0.05) is 11.4 Å². The van der Waals surface area contributed by atoms with Crippen LogP contribution in [-0.2, 0) is 16.6 Å². The molecule has 2 aromatic rings. The van der Waals surface area contributed by atoms with Crippen LogP contribution in [0.1, 0.15) is 11.8 Å². The molecule has 2 N–H and O–H groups in total. The molecular weight excluding hydrogens is 308 g/mol. The summed E-state index contributed by atoms with van der Waals surface area (Å²) in [5, 5.41) is 3.00. The molecule has 5 nitrogen and oxygen atoms in total. The van der Waals surface area contributed by atoms with Crippen molar-refractivity contribution >= 4 is 27.0 Å². The first-order valence-corrected chi connectivity index (χ1v) is 8.84. The Hall–Kier alpha value is -1.57. The van der Waals surface area contributed by atoms with Crippen molar-refractivity contribution in [2.24, 2.45) is 0 Å². The number of para-hydroxylation sites is 2. The van der Waals surface area contributed by atoms with E-state index in [0.29, 0.717) is 28.8 Å². The van der Waals surface area contributed by atoms with Gasteiger partial charge in [0.15, 0.2) is 0 Å². The predicted octanol–water partition coefficient (Wildman–Crippen LogP) is 2.67. The van der Waals surface area contributed by atoms with E-state index >= 15 is 0 Å². The number of nitrogens with one attached hydrogen (secondary N) is 2. The molecule has 1 heterocycles. The van der Waals surface area contributed by atoms with E-state index in [0.717, 1.165) is 4.88 Å². The average Bonchev–Trinajstić information content (AvgIpc) is 2.91. The van der Waals surface area contributed by atoms with Crippen molar-refractivity contribution in [1.82, 2.24) is 5.32 Å². The molecule has 0 radical (unpaired) electrons. The summed E-state index contributed by atoms with van der Waals surface area (Å²) in [6, 6.07) is 10.4. The molecular formula is C14H18N2O3S2. The molecule has 0 bridgehead atoms. The molecule has 0 unspecified atom stereocenters. The number of hydrogen-bond donors (Lipinski definition) is 2. The number of benzene rings is 1. The zero-order chi connectivity index (χ0) is 15.3. The van der Waals surface area contributed by atoms with Crippen LogP contribution in [0.15, 0.2) is 40.6 Å². The maximum atomic E-state index is 12.4. The van der Waals surface area contributed by atoms with Crippen LogP contribution in [0.2, 0.25) is 0 Å². The smallest absolute Gasteiger partial charge is 0.271 e. The highest BCUT2D eigenvalue weighted by Crippen LogP contribution is 2.29. The second-order valence-corrected chi connectivity index (χ2v) is 7.36. The molecule has 0 atom stereocenters. The Morgan fingerprint density at radius 3 is 2.67 bits per heavy atom. The summed E-state index contributed by atoms with van der Waals surface area (Å²) in [4.78, 5) is 0.968. The van der Waals surface area contributed by atoms with Gasteiger partial charge in [-0.2, -0.15) is 0 Å². The van der Waals surface area contributed by atoms with Crippen LogP contribution in [-0.4, -0.2) is 22.1 Å². The highest BCUT2D eigenvalue weighted by atomic mass is 32.2. The highest BCUT2D eigenvalue weighted by Gasteiger charge is 2.18. The topological polar surface area (TPSA) is 67.4 Å². The minimum atomic E-state index is -3.59. The van der Waals surface area contributed by atoms with Crippen molar-refractivity contribution < 1.29 is 13.2 Å². The van der Waals surface area contributed by atoms with Crippen LogP contribution >= 0.6 is 11.3 Å². The number of sulfonamides is 1. The fourth-order valence-electron chi connectivity index (χ4n) is 1.80. The van der Waals surface area contributed by atoms with Crippen molar-refractivity contribution in [1.29, 1.82) is 0 Å². The van der Waals surface area contributed by atoms with Crippen molar-refractivity contribution in [3.8, 4) is 5.75 Å². The van der Waals surface area contributed by atoms with Crippen LogP contribution in [0, 0.1) is 0 Å². The molecule has 0 amide bonds. The number of anilines is 1. The van der Waals surface area contributed by atoms with Gasteiger partial charge in [-0.3, -0.25) is 4.72 Å². The average molecular weight is 326 g/mol. The minimum absolute atomic E-state index is 0.291. The first-order valence-electron chi connectivity index (χ1n) is 6.54. The molecule has 0 aliphatic rings. The normalized spacial score (nSPS) is 11.3. The molecule has 1 aromatic carbocycles. The van der Waals surface area contributed by atoms with E-state index in [9.17, 15) is 8.42 Å². The maximum Gasteiger partial charge on any atom is 0.271 e. The highest BCUT2D eigenvalue weighted by molar-refractivity contribution is 7.94. The standard InChI is InChI=1S/C14H18N2O3S2/c1-3-19-13-7-5-4-6-12(13)16-21(17,18)14-9-8-11(20-14)10-15-2/h4-9,15-16H,3,10H2,1-2H3. The van der Waals surface area contributed by atoms with Crippen LogP contribution < -0.4 is 14.8 Å². The van der Waals surface area contributed by atoms with Gasteiger partial charge in [0.2, 0.25) is 0 Å². The molecule has 0 fully saturated rings. The SMILES string of the molecule is CCOc1ccccc1NS(=O)(=O)c1ccc(CNC)s1. The van der Waals surface area contributed by atoms with Crippen LogP contribution in [0.4, 0.5) is 5.69 Å². The molecule has 0 aliphatic heterocycles. The van der Waals surface area contributed by atoms with Gasteiger partial charge in [0.05, 0.1) is 12.3 Å². The van der Waals surface area contributed by atoms with Crippen LogP contribution in [0.5, 0.6) is 5.75 Å².